The molecule has 2 heterocycles. The Morgan fingerprint density at radius 2 is 2.14 bits per heavy atom. The maximum absolute atomic E-state index is 12.1. The summed E-state index contributed by atoms with van der Waals surface area (Å²) >= 11 is 1.26. The topological polar surface area (TPSA) is 72.5 Å². The lowest BCUT2D eigenvalue weighted by Crippen LogP contribution is -2.13. The molecular weight excluding hydrogens is 302 g/mol. The maximum Gasteiger partial charge on any atom is 0.348 e. The van der Waals surface area contributed by atoms with Gasteiger partial charge in [-0.15, -0.1) is 11.3 Å². The molecule has 1 aromatic heterocycles. The van der Waals surface area contributed by atoms with E-state index in [-0.39, 0.29) is 24.2 Å². The summed E-state index contributed by atoms with van der Waals surface area (Å²) < 4.78 is 5.01. The zero-order valence-electron chi connectivity index (χ0n) is 11.8. The minimum absolute atomic E-state index is 0.0799. The average molecular weight is 315 g/mol. The highest BCUT2D eigenvalue weighted by atomic mass is 32.1. The van der Waals surface area contributed by atoms with Crippen molar-refractivity contribution in [2.45, 2.75) is 12.8 Å². The van der Waals surface area contributed by atoms with Gasteiger partial charge in [-0.05, 0) is 42.1 Å². The summed E-state index contributed by atoms with van der Waals surface area (Å²) in [6.07, 6.45) is 0. The van der Waals surface area contributed by atoms with Crippen molar-refractivity contribution in [1.82, 2.24) is 0 Å². The summed E-state index contributed by atoms with van der Waals surface area (Å²) in [5, 5.41) is 4.52. The van der Waals surface area contributed by atoms with E-state index in [1.807, 2.05) is 0 Å². The fraction of sp³-hybridized carbons (Fsp3) is 0.188. The van der Waals surface area contributed by atoms with Crippen LogP contribution in [0.3, 0.4) is 0 Å². The third-order valence-electron chi connectivity index (χ3n) is 3.55. The van der Waals surface area contributed by atoms with E-state index in [0.29, 0.717) is 10.4 Å². The number of Topliss-reactive ketones (excluding diaryl/α,β-unsaturated/α-hetero) is 1. The first kappa shape index (κ1) is 14.5. The van der Waals surface area contributed by atoms with Crippen molar-refractivity contribution in [3.8, 4) is 0 Å². The van der Waals surface area contributed by atoms with Gasteiger partial charge in [0.2, 0.25) is 5.91 Å². The summed E-state index contributed by atoms with van der Waals surface area (Å²) in [4.78, 5) is 35.9. The number of nitrogens with one attached hydrogen (secondary N) is 1. The largest absolute Gasteiger partial charge is 0.453 e. The minimum Gasteiger partial charge on any atom is -0.453 e. The first-order chi connectivity index (χ1) is 10.6. The van der Waals surface area contributed by atoms with Crippen LogP contribution in [0.4, 0.5) is 5.69 Å². The molecule has 1 aliphatic heterocycles. The third kappa shape index (κ3) is 2.65. The number of ketones is 1. The standard InChI is InChI=1S/C16H13NO4S/c1-9-11-7-10(4-5-12(11)17-15(9)19)13(18)8-21-16(20)14-3-2-6-22-14/h2-7,9H,8H2,1H3,(H,17,19)/t9-/m0/s1. The predicted molar refractivity (Wildman–Crippen MR) is 82.4 cm³/mol. The summed E-state index contributed by atoms with van der Waals surface area (Å²) in [7, 11) is 0. The van der Waals surface area contributed by atoms with Gasteiger partial charge in [0.15, 0.2) is 12.4 Å². The van der Waals surface area contributed by atoms with Gasteiger partial charge in [-0.1, -0.05) is 6.07 Å². The molecule has 22 heavy (non-hydrogen) atoms. The molecule has 1 atom stereocenters. The predicted octanol–water partition coefficient (Wildman–Crippen LogP) is 2.84. The number of amides is 1. The SMILES string of the molecule is C[C@@H]1C(=O)Nc2ccc(C(=O)COC(=O)c3cccs3)cc21. The van der Waals surface area contributed by atoms with Gasteiger partial charge in [0.05, 0.1) is 5.92 Å². The van der Waals surface area contributed by atoms with Gasteiger partial charge in [-0.2, -0.15) is 0 Å². The fourth-order valence-electron chi connectivity index (χ4n) is 2.27. The van der Waals surface area contributed by atoms with Gasteiger partial charge in [0, 0.05) is 11.3 Å². The number of ether oxygens (including phenoxy) is 1. The molecule has 0 aliphatic carbocycles. The zero-order chi connectivity index (χ0) is 15.7. The van der Waals surface area contributed by atoms with E-state index in [0.717, 1.165) is 11.3 Å². The number of esters is 1. The molecule has 2 aromatic rings. The van der Waals surface area contributed by atoms with E-state index >= 15 is 0 Å². The van der Waals surface area contributed by atoms with Crippen molar-refractivity contribution in [3.05, 3.63) is 51.7 Å². The summed E-state index contributed by atoms with van der Waals surface area (Å²) in [6, 6.07) is 8.39. The van der Waals surface area contributed by atoms with Crippen molar-refractivity contribution < 1.29 is 19.1 Å². The maximum atomic E-state index is 12.1. The number of anilines is 1. The minimum atomic E-state index is -0.505. The van der Waals surface area contributed by atoms with Gasteiger partial charge in [-0.25, -0.2) is 4.79 Å². The Bertz CT molecular complexity index is 752. The van der Waals surface area contributed by atoms with Crippen molar-refractivity contribution >= 4 is 34.7 Å². The molecule has 0 unspecified atom stereocenters. The first-order valence-corrected chi connectivity index (χ1v) is 7.63. The molecule has 1 N–H and O–H groups in total. The lowest BCUT2D eigenvalue weighted by atomic mass is 9.99. The van der Waals surface area contributed by atoms with Gasteiger partial charge in [0.1, 0.15) is 4.88 Å². The zero-order valence-corrected chi connectivity index (χ0v) is 12.6. The number of fused-ring (bicyclic) bond motifs is 1. The summed E-state index contributed by atoms with van der Waals surface area (Å²) in [5.41, 5.74) is 1.95. The Balaban J connectivity index is 1.69. The molecule has 6 heteroatoms. The van der Waals surface area contributed by atoms with Crippen LogP contribution in [0, 0.1) is 0 Å². The van der Waals surface area contributed by atoms with Crippen LogP contribution in [0.2, 0.25) is 0 Å². The molecule has 3 rings (SSSR count). The van der Waals surface area contributed by atoms with Gasteiger partial charge in [0.25, 0.3) is 0 Å². The number of thiophene rings is 1. The highest BCUT2D eigenvalue weighted by molar-refractivity contribution is 7.11. The van der Waals surface area contributed by atoms with E-state index in [2.05, 4.69) is 5.32 Å². The van der Waals surface area contributed by atoms with E-state index < -0.39 is 5.97 Å². The lowest BCUT2D eigenvalue weighted by molar-refractivity contribution is -0.116. The summed E-state index contributed by atoms with van der Waals surface area (Å²) in [6.45, 7) is 1.47. The molecule has 0 saturated heterocycles. The monoisotopic (exact) mass is 315 g/mol. The van der Waals surface area contributed by atoms with Crippen LogP contribution in [0.1, 0.15) is 38.4 Å². The van der Waals surface area contributed by atoms with Crippen LogP contribution >= 0.6 is 11.3 Å². The van der Waals surface area contributed by atoms with E-state index in [1.54, 1.807) is 42.6 Å². The molecule has 1 aliphatic rings. The van der Waals surface area contributed by atoms with Crippen molar-refractivity contribution in [1.29, 1.82) is 0 Å². The Labute approximate surface area is 130 Å². The second kappa shape index (κ2) is 5.73. The van der Waals surface area contributed by atoms with Crippen LogP contribution in [-0.2, 0) is 9.53 Å². The molecule has 0 spiro atoms. The van der Waals surface area contributed by atoms with Gasteiger partial charge in [-0.3, -0.25) is 9.59 Å². The highest BCUT2D eigenvalue weighted by Gasteiger charge is 2.27. The van der Waals surface area contributed by atoms with Crippen LogP contribution in [0.5, 0.6) is 0 Å². The molecule has 112 valence electrons. The Hall–Kier alpha value is -2.47. The van der Waals surface area contributed by atoms with E-state index in [4.69, 9.17) is 4.74 Å². The molecule has 0 fully saturated rings. The first-order valence-electron chi connectivity index (χ1n) is 6.75. The van der Waals surface area contributed by atoms with Gasteiger partial charge < -0.3 is 10.1 Å². The van der Waals surface area contributed by atoms with Crippen LogP contribution < -0.4 is 5.32 Å². The van der Waals surface area contributed by atoms with Gasteiger partial charge >= 0.3 is 5.97 Å². The normalized spacial score (nSPS) is 16.0. The Kier molecular flexibility index (Phi) is 3.77. The smallest absolute Gasteiger partial charge is 0.348 e. The number of carbonyl (C=O) groups is 3. The van der Waals surface area contributed by atoms with Crippen molar-refractivity contribution in [3.63, 3.8) is 0 Å². The Morgan fingerprint density at radius 1 is 1.32 bits per heavy atom. The second-order valence-corrected chi connectivity index (χ2v) is 5.94. The molecule has 0 saturated carbocycles. The quantitative estimate of drug-likeness (QED) is 0.695. The number of benzene rings is 1. The van der Waals surface area contributed by atoms with Crippen LogP contribution in [0.15, 0.2) is 35.7 Å². The number of hydrogen-bond acceptors (Lipinski definition) is 5. The van der Waals surface area contributed by atoms with Crippen LogP contribution in [-0.4, -0.2) is 24.3 Å². The number of rotatable bonds is 4. The molecule has 5 nitrogen and oxygen atoms in total. The molecule has 1 amide bonds. The molecule has 0 radical (unpaired) electrons. The van der Waals surface area contributed by atoms with E-state index in [9.17, 15) is 14.4 Å². The number of hydrogen-bond donors (Lipinski definition) is 1. The molecular formula is C16H13NO4S. The fourth-order valence-corrected chi connectivity index (χ4v) is 2.89. The average Bonchev–Trinajstić information content (AvgIpc) is 3.14. The summed E-state index contributed by atoms with van der Waals surface area (Å²) in [5.74, 6) is -1.16. The van der Waals surface area contributed by atoms with E-state index in [1.165, 1.54) is 11.3 Å². The lowest BCUT2D eigenvalue weighted by Gasteiger charge is -2.06. The Morgan fingerprint density at radius 3 is 2.86 bits per heavy atom. The number of carbonyl (C=O) groups excluding carboxylic acids is 3. The van der Waals surface area contributed by atoms with Crippen molar-refractivity contribution in [2.24, 2.45) is 0 Å². The van der Waals surface area contributed by atoms with Crippen molar-refractivity contribution in [2.75, 3.05) is 11.9 Å². The molecule has 1 aromatic carbocycles. The molecule has 0 bridgehead atoms. The highest BCUT2D eigenvalue weighted by Crippen LogP contribution is 2.32. The second-order valence-electron chi connectivity index (χ2n) is 4.99. The van der Waals surface area contributed by atoms with Crippen LogP contribution in [0.25, 0.3) is 0 Å². The third-order valence-corrected chi connectivity index (χ3v) is 4.40.